The quantitative estimate of drug-likeness (QED) is 0.381. The first-order valence-electron chi connectivity index (χ1n) is 9.15. The van der Waals surface area contributed by atoms with Gasteiger partial charge in [0.1, 0.15) is 0 Å². The number of amides is 1. The smallest absolute Gasteiger partial charge is 0.294 e. The lowest BCUT2D eigenvalue weighted by Gasteiger charge is -2.12. The third kappa shape index (κ3) is 3.42. The molecule has 0 saturated carbocycles. The Labute approximate surface area is 173 Å². The molecular weight excluding hydrogens is 402 g/mol. The number of H-pyrrole nitrogens is 1. The summed E-state index contributed by atoms with van der Waals surface area (Å²) in [5, 5.41) is 2.08. The zero-order valence-corrected chi connectivity index (χ0v) is 17.2. The number of anilines is 1. The number of fused-ring (bicyclic) bond motifs is 2. The Morgan fingerprint density at radius 2 is 1.67 bits per heavy atom. The fourth-order valence-electron chi connectivity index (χ4n) is 3.31. The van der Waals surface area contributed by atoms with Crippen LogP contribution in [0.2, 0.25) is 0 Å². The predicted molar refractivity (Wildman–Crippen MR) is 116 cm³/mol. The zero-order valence-electron chi connectivity index (χ0n) is 16.3. The lowest BCUT2D eigenvalue weighted by molar-refractivity contribution is -0.124. The highest BCUT2D eigenvalue weighted by atomic mass is 32.2. The van der Waals surface area contributed by atoms with E-state index < -0.39 is 21.7 Å². The first-order chi connectivity index (χ1) is 14.3. The molecule has 1 amide bonds. The van der Waals surface area contributed by atoms with Gasteiger partial charge in [0.05, 0.1) is 16.1 Å². The molecule has 0 aliphatic rings. The van der Waals surface area contributed by atoms with Crippen molar-refractivity contribution in [3.05, 3.63) is 72.4 Å². The van der Waals surface area contributed by atoms with Crippen LogP contribution in [0.5, 0.6) is 0 Å². The number of ketones is 1. The average Bonchev–Trinajstić information content (AvgIpc) is 3.17. The van der Waals surface area contributed by atoms with E-state index in [4.69, 9.17) is 0 Å². The van der Waals surface area contributed by atoms with E-state index in [9.17, 15) is 18.0 Å². The number of aromatic nitrogens is 1. The van der Waals surface area contributed by atoms with Crippen molar-refractivity contribution in [2.24, 2.45) is 0 Å². The number of carbonyl (C=O) groups excluding carboxylic acids is 2. The van der Waals surface area contributed by atoms with E-state index in [-0.39, 0.29) is 16.1 Å². The van der Waals surface area contributed by atoms with Crippen LogP contribution in [-0.2, 0) is 14.8 Å². The SMILES string of the molecule is CN(C)C(=O)C(=O)c1c[nH]c2cccc(NS(=O)(=O)c3ccc4ccccc4c3)c12. The number of hydrogen-bond donors (Lipinski definition) is 2. The maximum Gasteiger partial charge on any atom is 0.294 e. The van der Waals surface area contributed by atoms with Crippen molar-refractivity contribution in [2.45, 2.75) is 4.90 Å². The minimum absolute atomic E-state index is 0.103. The van der Waals surface area contributed by atoms with Crippen LogP contribution >= 0.6 is 0 Å². The molecule has 0 spiro atoms. The molecule has 4 aromatic rings. The van der Waals surface area contributed by atoms with Gasteiger partial charge in [0.15, 0.2) is 0 Å². The van der Waals surface area contributed by atoms with Gasteiger partial charge < -0.3 is 9.88 Å². The second-order valence-electron chi connectivity index (χ2n) is 7.07. The van der Waals surface area contributed by atoms with Gasteiger partial charge in [0.2, 0.25) is 0 Å². The Kier molecular flexibility index (Phi) is 4.79. The number of benzene rings is 3. The highest BCUT2D eigenvalue weighted by Gasteiger charge is 2.24. The summed E-state index contributed by atoms with van der Waals surface area (Å²) in [6.45, 7) is 0. The number of nitrogens with zero attached hydrogens (tertiary/aromatic N) is 1. The Hall–Kier alpha value is -3.65. The molecule has 7 nitrogen and oxygen atoms in total. The third-order valence-electron chi connectivity index (χ3n) is 4.83. The molecule has 0 bridgehead atoms. The van der Waals surface area contributed by atoms with Gasteiger partial charge in [-0.15, -0.1) is 0 Å². The molecule has 152 valence electrons. The van der Waals surface area contributed by atoms with Crippen molar-refractivity contribution >= 4 is 49.1 Å². The summed E-state index contributed by atoms with van der Waals surface area (Å²) in [4.78, 5) is 29.0. The van der Waals surface area contributed by atoms with E-state index in [1.54, 1.807) is 30.3 Å². The van der Waals surface area contributed by atoms with Crippen LogP contribution in [0.4, 0.5) is 5.69 Å². The summed E-state index contributed by atoms with van der Waals surface area (Å²) >= 11 is 0. The largest absolute Gasteiger partial charge is 0.360 e. The van der Waals surface area contributed by atoms with Gasteiger partial charge in [-0.3, -0.25) is 14.3 Å². The number of Topliss-reactive ketones (excluding diaryl/α,β-unsaturated/α-hetero) is 1. The van der Waals surface area contributed by atoms with Crippen LogP contribution in [0.3, 0.4) is 0 Å². The van der Waals surface area contributed by atoms with Gasteiger partial charge in [0, 0.05) is 31.2 Å². The summed E-state index contributed by atoms with van der Waals surface area (Å²) < 4.78 is 28.7. The number of rotatable bonds is 5. The Morgan fingerprint density at radius 1 is 0.933 bits per heavy atom. The topological polar surface area (TPSA) is 99.3 Å². The maximum atomic E-state index is 13.1. The summed E-state index contributed by atoms with van der Waals surface area (Å²) in [7, 11) is -0.955. The molecular formula is C22H19N3O4S. The normalized spacial score (nSPS) is 11.5. The van der Waals surface area contributed by atoms with Crippen molar-refractivity contribution in [1.29, 1.82) is 0 Å². The van der Waals surface area contributed by atoms with E-state index in [1.165, 1.54) is 31.3 Å². The summed E-state index contributed by atoms with van der Waals surface area (Å²) in [6.07, 6.45) is 1.42. The highest BCUT2D eigenvalue weighted by Crippen LogP contribution is 2.30. The lowest BCUT2D eigenvalue weighted by Crippen LogP contribution is -2.29. The van der Waals surface area contributed by atoms with E-state index in [2.05, 4.69) is 9.71 Å². The third-order valence-corrected chi connectivity index (χ3v) is 6.19. The van der Waals surface area contributed by atoms with Crippen LogP contribution in [0, 0.1) is 0 Å². The van der Waals surface area contributed by atoms with Crippen molar-refractivity contribution in [1.82, 2.24) is 9.88 Å². The number of aromatic amines is 1. The lowest BCUT2D eigenvalue weighted by atomic mass is 10.1. The van der Waals surface area contributed by atoms with Gasteiger partial charge in [-0.1, -0.05) is 36.4 Å². The van der Waals surface area contributed by atoms with Crippen molar-refractivity contribution < 1.29 is 18.0 Å². The molecule has 1 heterocycles. The molecule has 0 aliphatic heterocycles. The maximum absolute atomic E-state index is 13.1. The van der Waals surface area contributed by atoms with Gasteiger partial charge >= 0.3 is 0 Å². The molecule has 1 aromatic heterocycles. The van der Waals surface area contributed by atoms with Crippen LogP contribution in [0.15, 0.2) is 71.8 Å². The molecule has 4 rings (SSSR count). The Morgan fingerprint density at radius 3 is 2.40 bits per heavy atom. The van der Waals surface area contributed by atoms with Gasteiger partial charge in [0.25, 0.3) is 21.7 Å². The first kappa shape index (κ1) is 19.7. The van der Waals surface area contributed by atoms with Crippen molar-refractivity contribution in [3.8, 4) is 0 Å². The summed E-state index contributed by atoms with van der Waals surface area (Å²) in [5.41, 5.74) is 0.876. The fraction of sp³-hybridized carbons (Fsp3) is 0.0909. The van der Waals surface area contributed by atoms with E-state index in [1.807, 2.05) is 24.3 Å². The number of likely N-dealkylation sites (N-methyl/N-ethyl adjacent to an activating group) is 1. The minimum atomic E-state index is -3.92. The standard InChI is InChI=1S/C22H19N3O4S/c1-25(2)22(27)21(26)17-13-23-18-8-5-9-19(20(17)18)24-30(28,29)16-11-10-14-6-3-4-7-15(14)12-16/h3-13,23-24H,1-2H3. The van der Waals surface area contributed by atoms with Gasteiger partial charge in [-0.2, -0.15) is 0 Å². The molecule has 0 saturated heterocycles. The summed E-state index contributed by atoms with van der Waals surface area (Å²) in [6, 6.07) is 17.3. The number of hydrogen-bond acceptors (Lipinski definition) is 4. The Bertz CT molecular complexity index is 1400. The highest BCUT2D eigenvalue weighted by molar-refractivity contribution is 7.92. The number of nitrogens with one attached hydrogen (secondary N) is 2. The van der Waals surface area contributed by atoms with Crippen molar-refractivity contribution in [3.63, 3.8) is 0 Å². The second kappa shape index (κ2) is 7.31. The number of carbonyl (C=O) groups is 2. The van der Waals surface area contributed by atoms with Crippen molar-refractivity contribution in [2.75, 3.05) is 18.8 Å². The van der Waals surface area contributed by atoms with E-state index in [0.717, 1.165) is 10.8 Å². The molecule has 30 heavy (non-hydrogen) atoms. The van der Waals surface area contributed by atoms with Crippen LogP contribution in [0.1, 0.15) is 10.4 Å². The molecule has 3 aromatic carbocycles. The average molecular weight is 421 g/mol. The molecule has 0 unspecified atom stereocenters. The molecule has 0 radical (unpaired) electrons. The van der Waals surface area contributed by atoms with Gasteiger partial charge in [-0.05, 0) is 35.0 Å². The van der Waals surface area contributed by atoms with Crippen LogP contribution < -0.4 is 4.72 Å². The van der Waals surface area contributed by atoms with Crippen LogP contribution in [0.25, 0.3) is 21.7 Å². The van der Waals surface area contributed by atoms with E-state index in [0.29, 0.717) is 10.9 Å². The van der Waals surface area contributed by atoms with Gasteiger partial charge in [-0.25, -0.2) is 8.42 Å². The second-order valence-corrected chi connectivity index (χ2v) is 8.76. The molecule has 0 atom stereocenters. The number of sulfonamides is 1. The Balaban J connectivity index is 1.78. The monoisotopic (exact) mass is 421 g/mol. The predicted octanol–water partition coefficient (Wildman–Crippen LogP) is 3.39. The minimum Gasteiger partial charge on any atom is -0.360 e. The first-order valence-corrected chi connectivity index (χ1v) is 10.6. The zero-order chi connectivity index (χ0) is 21.5. The molecule has 0 aliphatic carbocycles. The molecule has 2 N–H and O–H groups in total. The molecule has 0 fully saturated rings. The van der Waals surface area contributed by atoms with Crippen LogP contribution in [-0.4, -0.2) is 44.1 Å². The fourth-order valence-corrected chi connectivity index (χ4v) is 4.41. The summed E-state index contributed by atoms with van der Waals surface area (Å²) in [5.74, 6) is -1.41. The molecule has 8 heteroatoms. The van der Waals surface area contributed by atoms with E-state index >= 15 is 0 Å².